The summed E-state index contributed by atoms with van der Waals surface area (Å²) in [6, 6.07) is 8.09. The fraction of sp³-hybridized carbons (Fsp3) is 0.385. The predicted molar refractivity (Wildman–Crippen MR) is 61.9 cm³/mol. The standard InChI is InChI=1S/C13H14N2O2/c16-12-6-5-11(13(17)14-12)15-7-9-3-1-2-4-10(9)8-15/h1-4,11H,5-8H2,(H,14,16,17)/t11-/m1/s1. The molecule has 4 nitrogen and oxygen atoms in total. The van der Waals surface area contributed by atoms with E-state index in [2.05, 4.69) is 22.3 Å². The van der Waals surface area contributed by atoms with Crippen molar-refractivity contribution >= 4 is 11.8 Å². The minimum absolute atomic E-state index is 0.144. The van der Waals surface area contributed by atoms with Crippen molar-refractivity contribution in [2.24, 2.45) is 0 Å². The van der Waals surface area contributed by atoms with Gasteiger partial charge in [0.2, 0.25) is 11.8 Å². The summed E-state index contributed by atoms with van der Waals surface area (Å²) < 4.78 is 0. The Morgan fingerprint density at radius 3 is 2.35 bits per heavy atom. The van der Waals surface area contributed by atoms with Crippen LogP contribution in [-0.4, -0.2) is 22.8 Å². The summed E-state index contributed by atoms with van der Waals surface area (Å²) in [4.78, 5) is 25.0. The van der Waals surface area contributed by atoms with Gasteiger partial charge in [-0.3, -0.25) is 19.8 Å². The average molecular weight is 230 g/mol. The van der Waals surface area contributed by atoms with Gasteiger partial charge < -0.3 is 0 Å². The molecule has 0 radical (unpaired) electrons. The molecule has 0 bridgehead atoms. The molecule has 1 atom stereocenters. The van der Waals surface area contributed by atoms with Gasteiger partial charge in [-0.2, -0.15) is 0 Å². The van der Waals surface area contributed by atoms with Crippen LogP contribution in [0, 0.1) is 0 Å². The SMILES string of the molecule is O=C1CC[C@@H](N2Cc3ccccc3C2)C(=O)N1. The summed E-state index contributed by atoms with van der Waals surface area (Å²) in [6.07, 6.45) is 1.09. The number of fused-ring (bicyclic) bond motifs is 1. The largest absolute Gasteiger partial charge is 0.295 e. The molecule has 0 saturated carbocycles. The first kappa shape index (κ1) is 10.5. The Balaban J connectivity index is 1.76. The quantitative estimate of drug-likeness (QED) is 0.726. The number of piperidine rings is 1. The molecule has 1 aromatic rings. The Morgan fingerprint density at radius 1 is 1.12 bits per heavy atom. The molecular formula is C13H14N2O2. The van der Waals surface area contributed by atoms with Gasteiger partial charge in [-0.05, 0) is 17.5 Å². The number of carbonyl (C=O) groups excluding carboxylic acids is 2. The third kappa shape index (κ3) is 1.85. The molecule has 3 rings (SSSR count). The van der Waals surface area contributed by atoms with Crippen LogP contribution in [0.15, 0.2) is 24.3 Å². The number of benzene rings is 1. The van der Waals surface area contributed by atoms with Gasteiger partial charge in [0, 0.05) is 19.5 Å². The van der Waals surface area contributed by atoms with E-state index < -0.39 is 0 Å². The van der Waals surface area contributed by atoms with Gasteiger partial charge in [-0.25, -0.2) is 0 Å². The fourth-order valence-electron chi connectivity index (χ4n) is 2.61. The zero-order valence-corrected chi connectivity index (χ0v) is 9.48. The van der Waals surface area contributed by atoms with E-state index >= 15 is 0 Å². The lowest BCUT2D eigenvalue weighted by atomic mass is 10.0. The topological polar surface area (TPSA) is 49.4 Å². The molecule has 88 valence electrons. The first-order valence-electron chi connectivity index (χ1n) is 5.88. The van der Waals surface area contributed by atoms with Crippen LogP contribution < -0.4 is 5.32 Å². The zero-order valence-electron chi connectivity index (χ0n) is 9.48. The molecule has 1 fully saturated rings. The normalized spacial score (nSPS) is 24.6. The summed E-state index contributed by atoms with van der Waals surface area (Å²) in [5, 5.41) is 2.41. The van der Waals surface area contributed by atoms with Crippen LogP contribution in [0.1, 0.15) is 24.0 Å². The van der Waals surface area contributed by atoms with Crippen molar-refractivity contribution in [1.29, 1.82) is 0 Å². The lowest BCUT2D eigenvalue weighted by Gasteiger charge is -2.29. The van der Waals surface area contributed by atoms with Crippen LogP contribution in [0.5, 0.6) is 0 Å². The maximum Gasteiger partial charge on any atom is 0.243 e. The second kappa shape index (κ2) is 3.96. The van der Waals surface area contributed by atoms with Crippen LogP contribution in [0.2, 0.25) is 0 Å². The van der Waals surface area contributed by atoms with E-state index in [1.165, 1.54) is 11.1 Å². The zero-order chi connectivity index (χ0) is 11.8. The first-order valence-corrected chi connectivity index (χ1v) is 5.88. The molecule has 0 aromatic heterocycles. The van der Waals surface area contributed by atoms with Crippen molar-refractivity contribution in [1.82, 2.24) is 10.2 Å². The number of amides is 2. The summed E-state index contributed by atoms with van der Waals surface area (Å²) in [7, 11) is 0. The highest BCUT2D eigenvalue weighted by Crippen LogP contribution is 2.26. The number of imide groups is 1. The Morgan fingerprint density at radius 2 is 1.76 bits per heavy atom. The molecule has 1 N–H and O–H groups in total. The molecule has 17 heavy (non-hydrogen) atoms. The monoisotopic (exact) mass is 230 g/mol. The van der Waals surface area contributed by atoms with Gasteiger partial charge >= 0.3 is 0 Å². The lowest BCUT2D eigenvalue weighted by molar-refractivity contribution is -0.137. The van der Waals surface area contributed by atoms with Crippen LogP contribution in [0.4, 0.5) is 0 Å². The number of carbonyl (C=O) groups is 2. The van der Waals surface area contributed by atoms with Gasteiger partial charge in [0.25, 0.3) is 0 Å². The van der Waals surface area contributed by atoms with E-state index in [0.29, 0.717) is 12.8 Å². The van der Waals surface area contributed by atoms with Gasteiger partial charge in [0.1, 0.15) is 0 Å². The third-order valence-corrected chi connectivity index (χ3v) is 3.52. The molecule has 4 heteroatoms. The maximum absolute atomic E-state index is 11.8. The Bertz CT molecular complexity index is 459. The fourth-order valence-corrected chi connectivity index (χ4v) is 2.61. The van der Waals surface area contributed by atoms with Crippen LogP contribution in [0.25, 0.3) is 0 Å². The lowest BCUT2D eigenvalue weighted by Crippen LogP contribution is -2.50. The van der Waals surface area contributed by atoms with Crippen molar-refractivity contribution in [3.05, 3.63) is 35.4 Å². The third-order valence-electron chi connectivity index (χ3n) is 3.52. The predicted octanol–water partition coefficient (Wildman–Crippen LogP) is 0.807. The van der Waals surface area contributed by atoms with E-state index in [1.807, 2.05) is 12.1 Å². The van der Waals surface area contributed by atoms with E-state index in [9.17, 15) is 9.59 Å². The van der Waals surface area contributed by atoms with Crippen molar-refractivity contribution in [2.45, 2.75) is 32.0 Å². The molecule has 2 aliphatic heterocycles. The van der Waals surface area contributed by atoms with Gasteiger partial charge in [-0.1, -0.05) is 24.3 Å². The van der Waals surface area contributed by atoms with Gasteiger partial charge in [-0.15, -0.1) is 0 Å². The second-order valence-electron chi connectivity index (χ2n) is 4.64. The van der Waals surface area contributed by atoms with Gasteiger partial charge in [0.05, 0.1) is 6.04 Å². The number of hydrogen-bond donors (Lipinski definition) is 1. The van der Waals surface area contributed by atoms with Crippen molar-refractivity contribution in [3.8, 4) is 0 Å². The highest BCUT2D eigenvalue weighted by molar-refractivity contribution is 6.00. The Kier molecular flexibility index (Phi) is 2.44. The summed E-state index contributed by atoms with van der Waals surface area (Å²) in [5.41, 5.74) is 2.58. The molecule has 2 amide bonds. The van der Waals surface area contributed by atoms with Crippen LogP contribution >= 0.6 is 0 Å². The molecule has 1 saturated heterocycles. The minimum atomic E-state index is -0.153. The highest BCUT2D eigenvalue weighted by Gasteiger charge is 2.34. The Hall–Kier alpha value is -1.68. The smallest absolute Gasteiger partial charge is 0.243 e. The summed E-state index contributed by atoms with van der Waals surface area (Å²) >= 11 is 0. The number of nitrogens with zero attached hydrogens (tertiary/aromatic N) is 1. The molecule has 2 heterocycles. The van der Waals surface area contributed by atoms with E-state index in [4.69, 9.17) is 0 Å². The second-order valence-corrected chi connectivity index (χ2v) is 4.64. The van der Waals surface area contributed by atoms with Crippen LogP contribution in [-0.2, 0) is 22.7 Å². The van der Waals surface area contributed by atoms with E-state index in [1.54, 1.807) is 0 Å². The van der Waals surface area contributed by atoms with Gasteiger partial charge in [0.15, 0.2) is 0 Å². The molecule has 0 aliphatic carbocycles. The van der Waals surface area contributed by atoms with Crippen LogP contribution in [0.3, 0.4) is 0 Å². The molecule has 2 aliphatic rings. The summed E-state index contributed by atoms with van der Waals surface area (Å²) in [5.74, 6) is -0.294. The van der Waals surface area contributed by atoms with Crippen molar-refractivity contribution in [2.75, 3.05) is 0 Å². The minimum Gasteiger partial charge on any atom is -0.295 e. The highest BCUT2D eigenvalue weighted by atomic mass is 16.2. The van der Waals surface area contributed by atoms with E-state index in [0.717, 1.165) is 13.1 Å². The maximum atomic E-state index is 11.8. The van der Waals surface area contributed by atoms with E-state index in [-0.39, 0.29) is 17.9 Å². The molecule has 0 unspecified atom stereocenters. The average Bonchev–Trinajstić information content (AvgIpc) is 2.72. The molecule has 0 spiro atoms. The summed E-state index contributed by atoms with van der Waals surface area (Å²) in [6.45, 7) is 1.62. The number of hydrogen-bond acceptors (Lipinski definition) is 3. The number of nitrogens with one attached hydrogen (secondary N) is 1. The molecular weight excluding hydrogens is 216 g/mol. The Labute approximate surface area is 99.6 Å². The van der Waals surface area contributed by atoms with Crippen molar-refractivity contribution in [3.63, 3.8) is 0 Å². The molecule has 1 aromatic carbocycles. The first-order chi connectivity index (χ1) is 8.24. The van der Waals surface area contributed by atoms with Crippen molar-refractivity contribution < 1.29 is 9.59 Å². The number of rotatable bonds is 1.